The van der Waals surface area contributed by atoms with Gasteiger partial charge in [0, 0.05) is 10.3 Å². The van der Waals surface area contributed by atoms with Gasteiger partial charge in [-0.2, -0.15) is 8.42 Å². The lowest BCUT2D eigenvalue weighted by Crippen LogP contribution is -2.32. The van der Waals surface area contributed by atoms with Crippen molar-refractivity contribution >= 4 is 10.4 Å². The highest BCUT2D eigenvalue weighted by Crippen LogP contribution is 2.22. The zero-order valence-electron chi connectivity index (χ0n) is 9.61. The van der Waals surface area contributed by atoms with Gasteiger partial charge in [0.05, 0.1) is 0 Å². The van der Waals surface area contributed by atoms with Gasteiger partial charge in [0.1, 0.15) is 6.07 Å². The third-order valence-electron chi connectivity index (χ3n) is 2.25. The predicted molar refractivity (Wildman–Crippen MR) is 62.2 cm³/mol. The molecule has 0 saturated carbocycles. The van der Waals surface area contributed by atoms with Crippen molar-refractivity contribution in [2.75, 3.05) is 0 Å². The van der Waals surface area contributed by atoms with Crippen molar-refractivity contribution in [3.05, 3.63) is 36.4 Å². The highest BCUT2D eigenvalue weighted by Gasteiger charge is 2.25. The SMILES string of the molecule is CC[n+]1oc(-c2ccccc2)cc1OS(=O)(=O)O. The molecule has 0 aliphatic carbocycles. The van der Waals surface area contributed by atoms with Gasteiger partial charge < -0.3 is 0 Å². The summed E-state index contributed by atoms with van der Waals surface area (Å²) in [4.78, 5) is 0. The lowest BCUT2D eigenvalue weighted by atomic mass is 10.2. The Balaban J connectivity index is 2.41. The summed E-state index contributed by atoms with van der Waals surface area (Å²) in [6, 6.07) is 10.6. The van der Waals surface area contributed by atoms with E-state index in [-0.39, 0.29) is 5.88 Å². The maximum absolute atomic E-state index is 10.7. The monoisotopic (exact) mass is 270 g/mol. The fourth-order valence-electron chi connectivity index (χ4n) is 1.51. The van der Waals surface area contributed by atoms with Crippen LogP contribution in [0.1, 0.15) is 6.92 Å². The molecule has 2 rings (SSSR count). The van der Waals surface area contributed by atoms with E-state index < -0.39 is 10.4 Å². The van der Waals surface area contributed by atoms with Crippen LogP contribution in [0.3, 0.4) is 0 Å². The molecule has 1 heterocycles. The summed E-state index contributed by atoms with van der Waals surface area (Å²) in [6.45, 7) is 2.13. The van der Waals surface area contributed by atoms with Gasteiger partial charge in [0.2, 0.25) is 5.76 Å². The number of nitrogens with zero attached hydrogens (tertiary/aromatic N) is 1. The minimum absolute atomic E-state index is 0.0705. The quantitative estimate of drug-likeness (QED) is 0.671. The van der Waals surface area contributed by atoms with Crippen LogP contribution in [0.4, 0.5) is 0 Å². The van der Waals surface area contributed by atoms with Crippen LogP contribution in [0.15, 0.2) is 40.9 Å². The van der Waals surface area contributed by atoms with E-state index in [9.17, 15) is 8.42 Å². The van der Waals surface area contributed by atoms with Crippen LogP contribution in [0.25, 0.3) is 11.3 Å². The highest BCUT2D eigenvalue weighted by molar-refractivity contribution is 7.81. The first-order chi connectivity index (χ1) is 8.49. The number of aromatic nitrogens is 1. The Hall–Kier alpha value is -1.86. The van der Waals surface area contributed by atoms with Crippen molar-refractivity contribution in [3.8, 4) is 17.2 Å². The van der Waals surface area contributed by atoms with Crippen LogP contribution >= 0.6 is 0 Å². The van der Waals surface area contributed by atoms with Crippen LogP contribution in [-0.4, -0.2) is 13.0 Å². The lowest BCUT2D eigenvalue weighted by Gasteiger charge is -1.91. The molecule has 18 heavy (non-hydrogen) atoms. The van der Waals surface area contributed by atoms with Crippen molar-refractivity contribution in [1.82, 2.24) is 0 Å². The smallest absolute Gasteiger partial charge is 0.298 e. The van der Waals surface area contributed by atoms with Crippen molar-refractivity contribution in [2.45, 2.75) is 13.5 Å². The second-order valence-corrected chi connectivity index (χ2v) is 4.53. The minimum Gasteiger partial charge on any atom is -0.298 e. The number of hydrogen-bond donors (Lipinski definition) is 1. The number of benzene rings is 1. The second-order valence-electron chi connectivity index (χ2n) is 3.51. The normalized spacial score (nSPS) is 11.4. The molecule has 0 aliphatic heterocycles. The summed E-state index contributed by atoms with van der Waals surface area (Å²) in [6.07, 6.45) is 0. The number of hydrogen-bond acceptors (Lipinski definition) is 4. The fourth-order valence-corrected chi connectivity index (χ4v) is 1.85. The maximum Gasteiger partial charge on any atom is 0.451 e. The fraction of sp³-hybridized carbons (Fsp3) is 0.182. The summed E-state index contributed by atoms with van der Waals surface area (Å²) >= 11 is 0. The van der Waals surface area contributed by atoms with Crippen LogP contribution in [0, 0.1) is 0 Å². The van der Waals surface area contributed by atoms with E-state index >= 15 is 0 Å². The molecule has 0 aliphatic rings. The van der Waals surface area contributed by atoms with Gasteiger partial charge in [-0.3, -0.25) is 8.74 Å². The molecule has 6 nitrogen and oxygen atoms in total. The van der Waals surface area contributed by atoms with E-state index in [0.29, 0.717) is 12.3 Å². The average molecular weight is 270 g/mol. The lowest BCUT2D eigenvalue weighted by molar-refractivity contribution is -0.860. The van der Waals surface area contributed by atoms with Crippen molar-refractivity contribution in [1.29, 1.82) is 0 Å². The van der Waals surface area contributed by atoms with Crippen molar-refractivity contribution < 1.29 is 26.4 Å². The summed E-state index contributed by atoms with van der Waals surface area (Å²) in [5.41, 5.74) is 0.782. The van der Waals surface area contributed by atoms with Crippen LogP contribution < -0.4 is 8.92 Å². The third-order valence-corrected chi connectivity index (χ3v) is 2.63. The topological polar surface area (TPSA) is 80.6 Å². The Bertz CT molecular complexity index is 633. The summed E-state index contributed by atoms with van der Waals surface area (Å²) < 4.78 is 41.1. The molecule has 0 atom stereocenters. The van der Waals surface area contributed by atoms with E-state index in [4.69, 9.17) is 9.08 Å². The third kappa shape index (κ3) is 2.88. The van der Waals surface area contributed by atoms with Gasteiger partial charge in [-0.25, -0.2) is 4.52 Å². The van der Waals surface area contributed by atoms with Gasteiger partial charge in [0.25, 0.3) is 0 Å². The first kappa shape index (κ1) is 12.6. The Morgan fingerprint density at radius 2 is 2.00 bits per heavy atom. The first-order valence-corrected chi connectivity index (χ1v) is 6.62. The Morgan fingerprint density at radius 1 is 1.33 bits per heavy atom. The molecule has 0 unspecified atom stereocenters. The molecule has 0 amide bonds. The van der Waals surface area contributed by atoms with Crippen LogP contribution in [-0.2, 0) is 16.9 Å². The average Bonchev–Trinajstić information content (AvgIpc) is 2.71. The van der Waals surface area contributed by atoms with Gasteiger partial charge in [0.15, 0.2) is 6.54 Å². The molecule has 1 aromatic heterocycles. The number of aryl methyl sites for hydroxylation is 1. The molecule has 0 saturated heterocycles. The molecule has 1 N–H and O–H groups in total. The van der Waals surface area contributed by atoms with E-state index in [0.717, 1.165) is 5.56 Å². The summed E-state index contributed by atoms with van der Waals surface area (Å²) in [5.74, 6) is 0.384. The molecular formula is C11H12NO5S+. The zero-order valence-corrected chi connectivity index (χ0v) is 10.4. The Morgan fingerprint density at radius 3 is 2.56 bits per heavy atom. The van der Waals surface area contributed by atoms with Gasteiger partial charge in [-0.1, -0.05) is 30.3 Å². The largest absolute Gasteiger partial charge is 0.451 e. The van der Waals surface area contributed by atoms with Gasteiger partial charge >= 0.3 is 16.3 Å². The maximum atomic E-state index is 10.7. The minimum atomic E-state index is -4.56. The van der Waals surface area contributed by atoms with Crippen LogP contribution in [0.5, 0.6) is 5.88 Å². The predicted octanol–water partition coefficient (Wildman–Crippen LogP) is 1.44. The highest BCUT2D eigenvalue weighted by atomic mass is 32.3. The summed E-state index contributed by atoms with van der Waals surface area (Å²) in [5, 5.41) is 0. The van der Waals surface area contributed by atoms with Crippen molar-refractivity contribution in [3.63, 3.8) is 0 Å². The van der Waals surface area contributed by atoms with Crippen molar-refractivity contribution in [2.24, 2.45) is 0 Å². The summed E-state index contributed by atoms with van der Waals surface area (Å²) in [7, 11) is -4.56. The molecule has 0 radical (unpaired) electrons. The van der Waals surface area contributed by atoms with Crippen LogP contribution in [0.2, 0.25) is 0 Å². The molecular weight excluding hydrogens is 258 g/mol. The molecule has 96 valence electrons. The van der Waals surface area contributed by atoms with E-state index in [1.807, 2.05) is 30.3 Å². The van der Waals surface area contributed by atoms with Gasteiger partial charge in [-0.15, -0.1) is 0 Å². The van der Waals surface area contributed by atoms with Gasteiger partial charge in [-0.05, 0) is 6.92 Å². The molecule has 0 spiro atoms. The Kier molecular flexibility index (Phi) is 3.35. The molecule has 7 heteroatoms. The number of rotatable bonds is 4. The zero-order chi connectivity index (χ0) is 13.2. The molecule has 0 bridgehead atoms. The standard InChI is InChI=1S/C11H11NO5S/c1-2-12-11(17-18(13,14)15)8-10(16-12)9-6-4-3-5-7-9/h3-8H,2H2,1H3/p+1. The first-order valence-electron chi connectivity index (χ1n) is 5.26. The molecule has 1 aromatic carbocycles. The Labute approximate surface area is 104 Å². The second kappa shape index (κ2) is 4.79. The van der Waals surface area contributed by atoms with E-state index in [1.165, 1.54) is 10.8 Å². The van der Waals surface area contributed by atoms with E-state index in [1.54, 1.807) is 6.92 Å². The molecule has 0 fully saturated rings. The molecule has 2 aromatic rings. The van der Waals surface area contributed by atoms with E-state index in [2.05, 4.69) is 4.18 Å².